The molecule has 1 aromatic heterocycles. The molecule has 0 unspecified atom stereocenters. The molecule has 29 heavy (non-hydrogen) atoms. The van der Waals surface area contributed by atoms with Crippen LogP contribution in [0.1, 0.15) is 35.2 Å². The van der Waals surface area contributed by atoms with Crippen LogP contribution in [-0.2, 0) is 17.8 Å². The van der Waals surface area contributed by atoms with E-state index < -0.39 is 11.6 Å². The van der Waals surface area contributed by atoms with Crippen molar-refractivity contribution in [2.45, 2.75) is 25.9 Å². The first-order chi connectivity index (χ1) is 14.0. The van der Waals surface area contributed by atoms with Gasteiger partial charge in [-0.3, -0.25) is 19.1 Å². The van der Waals surface area contributed by atoms with Crippen molar-refractivity contribution >= 4 is 18.1 Å². The summed E-state index contributed by atoms with van der Waals surface area (Å²) in [6.07, 6.45) is 0.702. The van der Waals surface area contributed by atoms with Gasteiger partial charge in [0.05, 0.1) is 12.6 Å². The third kappa shape index (κ3) is 3.49. The Bertz CT molecular complexity index is 1180. The summed E-state index contributed by atoms with van der Waals surface area (Å²) in [6.45, 7) is 2.26. The van der Waals surface area contributed by atoms with Crippen LogP contribution in [0.25, 0.3) is 0 Å². The maximum atomic E-state index is 12.9. The second-order valence-electron chi connectivity index (χ2n) is 7.13. The highest BCUT2D eigenvalue weighted by atomic mass is 32.1. The van der Waals surface area contributed by atoms with E-state index in [1.165, 1.54) is 11.5 Å². The summed E-state index contributed by atoms with van der Waals surface area (Å²) in [5.41, 5.74) is 2.50. The zero-order chi connectivity index (χ0) is 20.5. The number of aromatic amines is 1. The monoisotopic (exact) mass is 407 g/mol. The predicted octanol–water partition coefficient (Wildman–Crippen LogP) is 3.15. The number of amides is 1. The first-order valence-corrected chi connectivity index (χ1v) is 9.83. The molecule has 1 atom stereocenters. The van der Waals surface area contributed by atoms with Gasteiger partial charge in [0.1, 0.15) is 5.56 Å². The van der Waals surface area contributed by atoms with Crippen molar-refractivity contribution in [3.8, 4) is 5.88 Å². The third-order valence-corrected chi connectivity index (χ3v) is 5.67. The lowest BCUT2D eigenvalue weighted by molar-refractivity contribution is -0.130. The van der Waals surface area contributed by atoms with Crippen LogP contribution in [0.3, 0.4) is 0 Å². The van der Waals surface area contributed by atoms with Crippen molar-refractivity contribution in [2.24, 2.45) is 0 Å². The zero-order valence-electron chi connectivity index (χ0n) is 16.0. The normalized spacial score (nSPS) is 15.8. The summed E-state index contributed by atoms with van der Waals surface area (Å²) in [6, 6.07) is 16.6. The van der Waals surface area contributed by atoms with Crippen molar-refractivity contribution in [3.63, 3.8) is 0 Å². The molecule has 1 amide bonds. The molecule has 0 saturated carbocycles. The molecule has 0 saturated heterocycles. The van der Waals surface area contributed by atoms with Gasteiger partial charge >= 0.3 is 0 Å². The van der Waals surface area contributed by atoms with Gasteiger partial charge in [0.25, 0.3) is 5.56 Å². The van der Waals surface area contributed by atoms with Crippen molar-refractivity contribution in [1.29, 1.82) is 0 Å². The Morgan fingerprint density at radius 1 is 1.17 bits per heavy atom. The number of carbonyl (C=O) groups excluding carboxylic acids is 1. The molecule has 1 aliphatic heterocycles. The van der Waals surface area contributed by atoms with Crippen LogP contribution in [0.2, 0.25) is 0 Å². The summed E-state index contributed by atoms with van der Waals surface area (Å²) in [4.78, 5) is 29.6. The van der Waals surface area contributed by atoms with E-state index in [9.17, 15) is 14.7 Å². The van der Waals surface area contributed by atoms with Crippen molar-refractivity contribution in [2.75, 3.05) is 6.54 Å². The highest BCUT2D eigenvalue weighted by Gasteiger charge is 2.35. The summed E-state index contributed by atoms with van der Waals surface area (Å²) in [5.74, 6) is -0.365. The smallest absolute Gasteiger partial charge is 0.261 e. The van der Waals surface area contributed by atoms with Crippen LogP contribution in [0.4, 0.5) is 0 Å². The molecule has 2 heterocycles. The molecule has 4 rings (SSSR count). The number of aromatic nitrogens is 2. The first-order valence-electron chi connectivity index (χ1n) is 9.42. The highest BCUT2D eigenvalue weighted by molar-refractivity contribution is 7.71. The van der Waals surface area contributed by atoms with E-state index in [-0.39, 0.29) is 22.1 Å². The van der Waals surface area contributed by atoms with Crippen molar-refractivity contribution in [3.05, 3.63) is 92.0 Å². The minimum Gasteiger partial charge on any atom is -0.494 e. The fraction of sp³-hybridized carbons (Fsp3) is 0.227. The molecule has 0 radical (unpaired) electrons. The lowest BCUT2D eigenvalue weighted by Crippen LogP contribution is -2.41. The van der Waals surface area contributed by atoms with Gasteiger partial charge in [0.2, 0.25) is 11.8 Å². The average molecular weight is 407 g/mol. The van der Waals surface area contributed by atoms with Crippen molar-refractivity contribution < 1.29 is 9.90 Å². The molecular weight excluding hydrogens is 386 g/mol. The van der Waals surface area contributed by atoms with Crippen molar-refractivity contribution in [1.82, 2.24) is 14.5 Å². The Balaban J connectivity index is 1.92. The number of nitrogens with zero attached hydrogens (tertiary/aromatic N) is 2. The number of nitrogens with one attached hydrogen (secondary N) is 1. The van der Waals surface area contributed by atoms with Crippen LogP contribution in [0.5, 0.6) is 5.88 Å². The van der Waals surface area contributed by atoms with E-state index in [1.807, 2.05) is 54.6 Å². The molecule has 6 nitrogen and oxygen atoms in total. The molecule has 2 N–H and O–H groups in total. The summed E-state index contributed by atoms with van der Waals surface area (Å²) >= 11 is 5.31. The average Bonchev–Trinajstić information content (AvgIpc) is 2.71. The van der Waals surface area contributed by atoms with Gasteiger partial charge in [-0.2, -0.15) is 0 Å². The Labute approximate surface area is 173 Å². The van der Waals surface area contributed by atoms with E-state index in [1.54, 1.807) is 4.90 Å². The fourth-order valence-corrected chi connectivity index (χ4v) is 4.20. The fourth-order valence-electron chi connectivity index (χ4n) is 3.95. The number of aromatic hydroxyl groups is 1. The number of hydrogen-bond acceptors (Lipinski definition) is 4. The molecule has 0 aliphatic carbocycles. The second kappa shape index (κ2) is 7.67. The van der Waals surface area contributed by atoms with E-state index in [2.05, 4.69) is 4.98 Å². The van der Waals surface area contributed by atoms with E-state index in [0.29, 0.717) is 19.5 Å². The van der Waals surface area contributed by atoms with Crippen LogP contribution in [0, 0.1) is 4.77 Å². The molecule has 148 valence electrons. The van der Waals surface area contributed by atoms with Gasteiger partial charge in [0, 0.05) is 13.5 Å². The molecule has 3 aromatic rings. The molecule has 1 aliphatic rings. The maximum Gasteiger partial charge on any atom is 0.261 e. The summed E-state index contributed by atoms with van der Waals surface area (Å²) in [7, 11) is 0. The van der Waals surface area contributed by atoms with Crippen LogP contribution in [0.15, 0.2) is 59.4 Å². The Morgan fingerprint density at radius 2 is 1.86 bits per heavy atom. The standard InChI is InChI=1S/C22H21N3O3S/c1-14(26)24-12-11-16-9-5-6-10-17(16)19(24)18-20(27)23-22(29)25(21(18)28)13-15-7-3-2-4-8-15/h2-10,19,28H,11-13H2,1H3,(H,23,27,29)/t19-/m0/s1. The lowest BCUT2D eigenvalue weighted by Gasteiger charge is -2.37. The van der Waals surface area contributed by atoms with Crippen LogP contribution >= 0.6 is 12.2 Å². The number of H-pyrrole nitrogens is 1. The number of fused-ring (bicyclic) bond motifs is 1. The van der Waals surface area contributed by atoms with Crippen LogP contribution < -0.4 is 5.56 Å². The van der Waals surface area contributed by atoms with E-state index in [0.717, 1.165) is 16.7 Å². The Hall–Kier alpha value is -3.19. The molecule has 0 bridgehead atoms. The van der Waals surface area contributed by atoms with E-state index in [4.69, 9.17) is 12.2 Å². The lowest BCUT2D eigenvalue weighted by atomic mass is 9.89. The van der Waals surface area contributed by atoms with Gasteiger partial charge in [0.15, 0.2) is 4.77 Å². The first kappa shape index (κ1) is 19.1. The topological polar surface area (TPSA) is 78.3 Å². The Kier molecular flexibility index (Phi) is 5.07. The third-order valence-electron chi connectivity index (χ3n) is 5.35. The molecule has 0 fully saturated rings. The second-order valence-corrected chi connectivity index (χ2v) is 7.52. The van der Waals surface area contributed by atoms with Gasteiger partial charge in [-0.15, -0.1) is 0 Å². The number of carbonyl (C=O) groups is 1. The minimum absolute atomic E-state index is 0.136. The summed E-state index contributed by atoms with van der Waals surface area (Å²) < 4.78 is 1.63. The molecular formula is C22H21N3O3S. The quantitative estimate of drug-likeness (QED) is 0.654. The van der Waals surface area contributed by atoms with Crippen LogP contribution in [-0.4, -0.2) is 32.0 Å². The Morgan fingerprint density at radius 3 is 2.59 bits per heavy atom. The highest BCUT2D eigenvalue weighted by Crippen LogP contribution is 2.37. The van der Waals surface area contributed by atoms with Gasteiger partial charge < -0.3 is 10.0 Å². The van der Waals surface area contributed by atoms with E-state index >= 15 is 0 Å². The van der Waals surface area contributed by atoms with Gasteiger partial charge in [-0.05, 0) is 35.3 Å². The van der Waals surface area contributed by atoms with Gasteiger partial charge in [-0.1, -0.05) is 54.6 Å². The molecule has 0 spiro atoms. The predicted molar refractivity (Wildman–Crippen MR) is 112 cm³/mol. The molecule has 7 heteroatoms. The number of rotatable bonds is 3. The minimum atomic E-state index is -0.668. The number of hydrogen-bond donors (Lipinski definition) is 2. The largest absolute Gasteiger partial charge is 0.494 e. The SMILES string of the molecule is CC(=O)N1CCc2ccccc2[C@H]1c1c(O)n(Cc2ccccc2)c(=S)[nH]c1=O. The molecule has 2 aromatic carbocycles. The maximum absolute atomic E-state index is 12.9. The zero-order valence-corrected chi connectivity index (χ0v) is 16.8. The number of benzene rings is 2. The summed E-state index contributed by atoms with van der Waals surface area (Å²) in [5, 5.41) is 11.1. The van der Waals surface area contributed by atoms with Gasteiger partial charge in [-0.25, -0.2) is 0 Å².